The molecule has 7 rings (SSSR count). The second kappa shape index (κ2) is 14.1. The van der Waals surface area contributed by atoms with Gasteiger partial charge in [-0.3, -0.25) is 19.1 Å². The van der Waals surface area contributed by atoms with Gasteiger partial charge in [0.25, 0.3) is 5.91 Å². The molecule has 3 fully saturated rings. The maximum Gasteiger partial charge on any atom is 0.410 e. The zero-order valence-electron chi connectivity index (χ0n) is 28.4. The van der Waals surface area contributed by atoms with E-state index in [9.17, 15) is 32.4 Å². The zero-order valence-corrected chi connectivity index (χ0v) is 29.2. The molecule has 0 unspecified atom stereocenters. The monoisotopic (exact) mass is 711 g/mol. The first-order valence-electron chi connectivity index (χ1n) is 17.3. The second-order valence-corrected chi connectivity index (χ2v) is 16.1. The number of ether oxygens (including phenoxy) is 2. The van der Waals surface area contributed by atoms with Crippen LogP contribution in [0.1, 0.15) is 69.1 Å². The predicted octanol–water partition coefficient (Wildman–Crippen LogP) is 2.38. The van der Waals surface area contributed by atoms with Gasteiger partial charge in [-0.2, -0.15) is 0 Å². The molecule has 4 aliphatic heterocycles. The molecule has 3 N–H and O–H groups in total. The van der Waals surface area contributed by atoms with Crippen molar-refractivity contribution in [3.8, 4) is 0 Å². The molecule has 14 nitrogen and oxygen atoms in total. The molecule has 5 atom stereocenters. The third kappa shape index (κ3) is 7.37. The fraction of sp³-hybridized carbons (Fsp3) is 0.571. The lowest BCUT2D eigenvalue weighted by Crippen LogP contribution is -2.59. The van der Waals surface area contributed by atoms with Crippen LogP contribution in [-0.4, -0.2) is 96.8 Å². The largest absolute Gasteiger partial charge is 0.450 e. The third-order valence-corrected chi connectivity index (χ3v) is 12.0. The lowest BCUT2D eigenvalue weighted by atomic mass is 9.94. The Morgan fingerprint density at radius 2 is 1.96 bits per heavy atom. The lowest BCUT2D eigenvalue weighted by Gasteiger charge is -2.31. The number of allylic oxidation sites excluding steroid dienone is 1. The van der Waals surface area contributed by atoms with Crippen LogP contribution in [0.5, 0.6) is 0 Å². The highest BCUT2D eigenvalue weighted by atomic mass is 32.2. The molecule has 1 aromatic carbocycles. The third-order valence-electron chi connectivity index (χ3n) is 10.2. The summed E-state index contributed by atoms with van der Waals surface area (Å²) >= 11 is 0. The number of benzene rings is 1. The van der Waals surface area contributed by atoms with Gasteiger partial charge in [-0.05, 0) is 61.1 Å². The van der Waals surface area contributed by atoms with E-state index >= 15 is 0 Å². The number of amides is 5. The fourth-order valence-electron chi connectivity index (χ4n) is 7.00. The van der Waals surface area contributed by atoms with Crippen LogP contribution >= 0.6 is 0 Å². The van der Waals surface area contributed by atoms with E-state index in [4.69, 9.17) is 9.47 Å². The van der Waals surface area contributed by atoms with E-state index in [-0.39, 0.29) is 26.0 Å². The van der Waals surface area contributed by atoms with Gasteiger partial charge in [-0.25, -0.2) is 18.0 Å². The molecule has 50 heavy (non-hydrogen) atoms. The second-order valence-electron chi connectivity index (χ2n) is 14.1. The van der Waals surface area contributed by atoms with Crippen molar-refractivity contribution >= 4 is 46.0 Å². The minimum atomic E-state index is -3.90. The molecule has 6 aliphatic rings. The summed E-state index contributed by atoms with van der Waals surface area (Å²) in [4.78, 5) is 70.7. The Bertz CT molecular complexity index is 1710. The van der Waals surface area contributed by atoms with Gasteiger partial charge >= 0.3 is 12.2 Å². The van der Waals surface area contributed by atoms with Crippen molar-refractivity contribution in [3.63, 3.8) is 0 Å². The molecular weight excluding hydrogens is 666 g/mol. The number of carbonyl (C=O) groups excluding carboxylic acids is 5. The van der Waals surface area contributed by atoms with Gasteiger partial charge < -0.3 is 29.9 Å². The maximum absolute atomic E-state index is 14.1. The van der Waals surface area contributed by atoms with Gasteiger partial charge in [0.05, 0.1) is 18.4 Å². The smallest absolute Gasteiger partial charge is 0.410 e. The Balaban J connectivity index is 1.26. The first-order chi connectivity index (χ1) is 23.8. The molecule has 2 saturated carbocycles. The molecular formula is C35H45N5O9S. The van der Waals surface area contributed by atoms with Gasteiger partial charge in [0.1, 0.15) is 23.7 Å². The van der Waals surface area contributed by atoms with Crippen LogP contribution in [0.25, 0.3) is 6.08 Å². The van der Waals surface area contributed by atoms with Crippen molar-refractivity contribution in [1.82, 2.24) is 25.2 Å². The summed E-state index contributed by atoms with van der Waals surface area (Å²) in [6, 6.07) is 3.67. The highest BCUT2D eigenvalue weighted by molar-refractivity contribution is 7.91. The number of carbonyl (C=O) groups is 5. The molecule has 270 valence electrons. The fourth-order valence-corrected chi connectivity index (χ4v) is 8.36. The van der Waals surface area contributed by atoms with Crippen molar-refractivity contribution < 1.29 is 41.9 Å². The SMILES string of the molecule is C=C[C@@H]1C[C@]1(NC(=O)[C@@H]1C[C@@H]2CN1C(=O)[C@H](C(C)C)NC(=O)OCCCC=Cc1cccc3c1CCN(C3)C(=O)O2)C(=O)NS(=O)(=O)C1CC1. The van der Waals surface area contributed by atoms with Gasteiger partial charge in [0, 0.05) is 25.4 Å². The Morgan fingerprint density at radius 1 is 1.18 bits per heavy atom. The summed E-state index contributed by atoms with van der Waals surface area (Å²) < 4.78 is 38.6. The Labute approximate surface area is 292 Å². The molecule has 0 radical (unpaired) electrons. The molecule has 0 aromatic heterocycles. The lowest BCUT2D eigenvalue weighted by molar-refractivity contribution is -0.141. The van der Waals surface area contributed by atoms with E-state index in [0.29, 0.717) is 45.2 Å². The van der Waals surface area contributed by atoms with E-state index in [1.54, 1.807) is 18.7 Å². The summed E-state index contributed by atoms with van der Waals surface area (Å²) in [7, 11) is -3.90. The van der Waals surface area contributed by atoms with Crippen LogP contribution in [0.2, 0.25) is 0 Å². The molecule has 4 heterocycles. The van der Waals surface area contributed by atoms with Gasteiger partial charge in [-0.1, -0.05) is 50.3 Å². The summed E-state index contributed by atoms with van der Waals surface area (Å²) in [6.07, 6.45) is 6.10. The number of alkyl carbamates (subject to hydrolysis) is 1. The van der Waals surface area contributed by atoms with Crippen molar-refractivity contribution in [2.75, 3.05) is 19.7 Å². The Kier molecular flexibility index (Phi) is 9.98. The number of nitrogens with one attached hydrogen (secondary N) is 3. The molecule has 5 amide bonds. The van der Waals surface area contributed by atoms with Crippen LogP contribution in [0.3, 0.4) is 0 Å². The van der Waals surface area contributed by atoms with E-state index in [2.05, 4.69) is 21.9 Å². The van der Waals surface area contributed by atoms with Gasteiger partial charge in [-0.15, -0.1) is 6.58 Å². The maximum atomic E-state index is 14.1. The first kappa shape index (κ1) is 35.4. The first-order valence-corrected chi connectivity index (χ1v) is 18.8. The van der Waals surface area contributed by atoms with Crippen molar-refractivity contribution in [2.24, 2.45) is 11.8 Å². The van der Waals surface area contributed by atoms with Crippen LogP contribution in [0.15, 0.2) is 36.9 Å². The van der Waals surface area contributed by atoms with Crippen LogP contribution < -0.4 is 15.4 Å². The molecule has 0 spiro atoms. The number of hydrogen-bond donors (Lipinski definition) is 3. The average molecular weight is 712 g/mol. The molecule has 6 bridgehead atoms. The van der Waals surface area contributed by atoms with E-state index in [1.165, 1.54) is 11.0 Å². The molecule has 1 aromatic rings. The summed E-state index contributed by atoms with van der Waals surface area (Å²) in [5.41, 5.74) is 1.64. The number of fused-ring (bicyclic) bond motifs is 10. The standard InChI is InChI=1S/C35H45N5O9S/c1-4-24-18-35(24,32(43)38-50(46,47)26-12-13-26)37-30(41)28-17-25-20-40(28)31(42)29(21(2)3)36-33(44)48-16-7-5-6-9-22-10-8-11-23-19-39(34(45)49-25)15-14-27(22)23/h4,6,8-11,21,24-26,28-29H,1,5,7,12-20H2,2-3H3,(H,36,44)(H,37,41)(H,38,43)/t24-,25-,28+,29+,35-/m1/s1. The number of nitrogens with zero attached hydrogens (tertiary/aromatic N) is 2. The van der Waals surface area contributed by atoms with Crippen molar-refractivity contribution in [2.45, 2.75) is 94.3 Å². The number of rotatable bonds is 7. The quantitative estimate of drug-likeness (QED) is 0.358. The van der Waals surface area contributed by atoms with Crippen LogP contribution in [0.4, 0.5) is 9.59 Å². The van der Waals surface area contributed by atoms with Crippen molar-refractivity contribution in [1.29, 1.82) is 0 Å². The normalized spacial score (nSPS) is 28.7. The van der Waals surface area contributed by atoms with E-state index in [0.717, 1.165) is 16.7 Å². The summed E-state index contributed by atoms with van der Waals surface area (Å²) in [6.45, 7) is 7.99. The number of sulfonamides is 1. The predicted molar refractivity (Wildman–Crippen MR) is 182 cm³/mol. The zero-order chi connectivity index (χ0) is 35.8. The van der Waals surface area contributed by atoms with Crippen molar-refractivity contribution in [3.05, 3.63) is 53.6 Å². The van der Waals surface area contributed by atoms with E-state index < -0.39 is 80.7 Å². The molecule has 1 saturated heterocycles. The summed E-state index contributed by atoms with van der Waals surface area (Å²) in [5.74, 6) is -3.10. The minimum absolute atomic E-state index is 0.0746. The van der Waals surface area contributed by atoms with Gasteiger partial charge in [0.2, 0.25) is 21.8 Å². The molecule has 2 aliphatic carbocycles. The Hall–Kier alpha value is -4.40. The topological polar surface area (TPSA) is 181 Å². The molecule has 15 heteroatoms. The van der Waals surface area contributed by atoms with Crippen LogP contribution in [-0.2, 0) is 46.8 Å². The van der Waals surface area contributed by atoms with E-state index in [1.807, 2.05) is 30.4 Å². The highest BCUT2D eigenvalue weighted by Crippen LogP contribution is 2.45. The van der Waals surface area contributed by atoms with Crippen LogP contribution in [0, 0.1) is 11.8 Å². The number of hydrogen-bond acceptors (Lipinski definition) is 9. The summed E-state index contributed by atoms with van der Waals surface area (Å²) in [5, 5.41) is 4.72. The van der Waals surface area contributed by atoms with Gasteiger partial charge in [0.15, 0.2) is 0 Å². The Morgan fingerprint density at radius 3 is 2.66 bits per heavy atom. The minimum Gasteiger partial charge on any atom is -0.450 e. The highest BCUT2D eigenvalue weighted by Gasteiger charge is 2.62. The average Bonchev–Trinajstić information content (AvgIpc) is 4.01.